The minimum atomic E-state index is -0.252. The summed E-state index contributed by atoms with van der Waals surface area (Å²) < 4.78 is 13.8. The molecule has 0 radical (unpaired) electrons. The average Bonchev–Trinajstić information content (AvgIpc) is 2.44. The molecule has 106 valence electrons. The Morgan fingerprint density at radius 3 is 2.30 bits per heavy atom. The molecule has 0 bridgehead atoms. The summed E-state index contributed by atoms with van der Waals surface area (Å²) in [5.41, 5.74) is 5.23. The second-order valence-electron chi connectivity index (χ2n) is 5.70. The summed E-state index contributed by atoms with van der Waals surface area (Å²) in [6.45, 7) is 5.96. The molecule has 0 aliphatic rings. The second kappa shape index (κ2) is 5.73. The van der Waals surface area contributed by atoms with Gasteiger partial charge in [0.25, 0.3) is 0 Å². The number of halogens is 1. The molecule has 3 N–H and O–H groups in total. The van der Waals surface area contributed by atoms with Crippen LogP contribution in [-0.2, 0) is 5.41 Å². The summed E-state index contributed by atoms with van der Waals surface area (Å²) in [4.78, 5) is 0. The van der Waals surface area contributed by atoms with Gasteiger partial charge < -0.3 is 0 Å². The number of benzene rings is 2. The van der Waals surface area contributed by atoms with E-state index in [0.717, 1.165) is 11.1 Å². The molecular formula is C17H21FN2. The molecule has 0 aromatic heterocycles. The Bertz CT molecular complexity index is 579. The van der Waals surface area contributed by atoms with E-state index in [0.29, 0.717) is 5.56 Å². The Morgan fingerprint density at radius 1 is 1.10 bits per heavy atom. The topological polar surface area (TPSA) is 38.0 Å². The van der Waals surface area contributed by atoms with Crippen molar-refractivity contribution in [2.75, 3.05) is 0 Å². The van der Waals surface area contributed by atoms with Gasteiger partial charge in [-0.1, -0.05) is 56.3 Å². The zero-order valence-electron chi connectivity index (χ0n) is 12.2. The number of aryl methyl sites for hydroxylation is 1. The van der Waals surface area contributed by atoms with Gasteiger partial charge >= 0.3 is 0 Å². The summed E-state index contributed by atoms with van der Waals surface area (Å²) in [5, 5.41) is 0. The second-order valence-corrected chi connectivity index (χ2v) is 5.70. The Hall–Kier alpha value is -1.71. The van der Waals surface area contributed by atoms with Crippen LogP contribution in [0.5, 0.6) is 0 Å². The zero-order valence-corrected chi connectivity index (χ0v) is 12.2. The van der Waals surface area contributed by atoms with E-state index >= 15 is 0 Å². The first-order valence-electron chi connectivity index (χ1n) is 6.74. The SMILES string of the molecule is Cc1ccc(C(NN)C(C)(C)c2ccccc2)cc1F. The molecule has 2 aromatic rings. The highest BCUT2D eigenvalue weighted by Gasteiger charge is 2.32. The lowest BCUT2D eigenvalue weighted by Gasteiger charge is -2.35. The fourth-order valence-corrected chi connectivity index (χ4v) is 2.54. The van der Waals surface area contributed by atoms with Crippen molar-refractivity contribution in [1.29, 1.82) is 0 Å². The van der Waals surface area contributed by atoms with E-state index in [2.05, 4.69) is 31.4 Å². The van der Waals surface area contributed by atoms with Crippen molar-refractivity contribution in [2.24, 2.45) is 5.84 Å². The Balaban J connectivity index is 2.43. The standard InChI is InChI=1S/C17H21FN2/c1-12-9-10-13(11-15(12)18)16(20-19)17(2,3)14-7-5-4-6-8-14/h4-11,16,20H,19H2,1-3H3. The predicted molar refractivity (Wildman–Crippen MR) is 80.7 cm³/mol. The van der Waals surface area contributed by atoms with Crippen LogP contribution in [0, 0.1) is 12.7 Å². The highest BCUT2D eigenvalue weighted by Crippen LogP contribution is 2.36. The monoisotopic (exact) mass is 272 g/mol. The van der Waals surface area contributed by atoms with Crippen molar-refractivity contribution < 1.29 is 4.39 Å². The van der Waals surface area contributed by atoms with Crippen molar-refractivity contribution in [1.82, 2.24) is 5.43 Å². The van der Waals surface area contributed by atoms with Crippen molar-refractivity contribution in [3.05, 3.63) is 71.0 Å². The summed E-state index contributed by atoms with van der Waals surface area (Å²) in [6.07, 6.45) is 0. The predicted octanol–water partition coefficient (Wildman–Crippen LogP) is 3.62. The van der Waals surface area contributed by atoms with Crippen LogP contribution in [-0.4, -0.2) is 0 Å². The van der Waals surface area contributed by atoms with Gasteiger partial charge in [-0.25, -0.2) is 4.39 Å². The molecule has 0 heterocycles. The van der Waals surface area contributed by atoms with E-state index in [1.54, 1.807) is 19.1 Å². The fraction of sp³-hybridized carbons (Fsp3) is 0.294. The van der Waals surface area contributed by atoms with Gasteiger partial charge in [-0.15, -0.1) is 0 Å². The van der Waals surface area contributed by atoms with Gasteiger partial charge in [0.05, 0.1) is 6.04 Å². The molecule has 3 heteroatoms. The van der Waals surface area contributed by atoms with Crippen LogP contribution in [0.3, 0.4) is 0 Å². The maximum absolute atomic E-state index is 13.8. The van der Waals surface area contributed by atoms with Crippen molar-refractivity contribution in [3.8, 4) is 0 Å². The molecule has 0 saturated heterocycles. The number of hydrazine groups is 1. The van der Waals surface area contributed by atoms with Gasteiger partial charge in [0, 0.05) is 5.41 Å². The molecule has 1 atom stereocenters. The molecule has 0 saturated carbocycles. The number of hydrogen-bond acceptors (Lipinski definition) is 2. The Kier molecular flexibility index (Phi) is 4.21. The van der Waals surface area contributed by atoms with Gasteiger partial charge in [0.1, 0.15) is 5.82 Å². The van der Waals surface area contributed by atoms with E-state index in [1.165, 1.54) is 0 Å². The first-order valence-corrected chi connectivity index (χ1v) is 6.74. The van der Waals surface area contributed by atoms with Crippen LogP contribution in [0.2, 0.25) is 0 Å². The number of rotatable bonds is 4. The quantitative estimate of drug-likeness (QED) is 0.659. The number of hydrogen-bond donors (Lipinski definition) is 2. The lowest BCUT2D eigenvalue weighted by atomic mass is 9.75. The summed E-state index contributed by atoms with van der Waals surface area (Å²) in [5.74, 6) is 5.54. The van der Waals surface area contributed by atoms with Crippen LogP contribution in [0.15, 0.2) is 48.5 Å². The first kappa shape index (κ1) is 14.7. The minimum absolute atomic E-state index is 0.167. The number of nitrogens with one attached hydrogen (secondary N) is 1. The first-order chi connectivity index (χ1) is 9.46. The highest BCUT2D eigenvalue weighted by molar-refractivity contribution is 5.33. The van der Waals surface area contributed by atoms with E-state index < -0.39 is 0 Å². The molecular weight excluding hydrogens is 251 g/mol. The molecule has 1 unspecified atom stereocenters. The molecule has 20 heavy (non-hydrogen) atoms. The van der Waals surface area contributed by atoms with Crippen molar-refractivity contribution in [2.45, 2.75) is 32.2 Å². The van der Waals surface area contributed by atoms with Crippen LogP contribution in [0.25, 0.3) is 0 Å². The van der Waals surface area contributed by atoms with E-state index in [4.69, 9.17) is 5.84 Å². The molecule has 2 aromatic carbocycles. The Morgan fingerprint density at radius 2 is 1.75 bits per heavy atom. The fourth-order valence-electron chi connectivity index (χ4n) is 2.54. The van der Waals surface area contributed by atoms with Gasteiger partial charge in [-0.2, -0.15) is 0 Å². The minimum Gasteiger partial charge on any atom is -0.271 e. The third-order valence-corrected chi connectivity index (χ3v) is 3.94. The van der Waals surface area contributed by atoms with Gasteiger partial charge in [-0.3, -0.25) is 11.3 Å². The van der Waals surface area contributed by atoms with Gasteiger partial charge in [-0.05, 0) is 29.7 Å². The van der Waals surface area contributed by atoms with E-state index in [9.17, 15) is 4.39 Å². The molecule has 2 rings (SSSR count). The normalized spacial score (nSPS) is 13.2. The molecule has 0 amide bonds. The molecule has 0 fully saturated rings. The average molecular weight is 272 g/mol. The van der Waals surface area contributed by atoms with Gasteiger partial charge in [0.15, 0.2) is 0 Å². The molecule has 0 aliphatic heterocycles. The van der Waals surface area contributed by atoms with Crippen LogP contribution < -0.4 is 11.3 Å². The van der Waals surface area contributed by atoms with Gasteiger partial charge in [0.2, 0.25) is 0 Å². The smallest absolute Gasteiger partial charge is 0.126 e. The molecule has 0 spiro atoms. The van der Waals surface area contributed by atoms with Crippen LogP contribution in [0.4, 0.5) is 4.39 Å². The maximum Gasteiger partial charge on any atom is 0.126 e. The number of nitrogens with two attached hydrogens (primary N) is 1. The van der Waals surface area contributed by atoms with E-state index in [-0.39, 0.29) is 17.3 Å². The highest BCUT2D eigenvalue weighted by atomic mass is 19.1. The largest absolute Gasteiger partial charge is 0.271 e. The molecule has 0 aliphatic carbocycles. The van der Waals surface area contributed by atoms with Crippen LogP contribution >= 0.6 is 0 Å². The summed E-state index contributed by atoms with van der Waals surface area (Å²) in [6, 6.07) is 15.2. The lowest BCUT2D eigenvalue weighted by molar-refractivity contribution is 0.351. The zero-order chi connectivity index (χ0) is 14.8. The lowest BCUT2D eigenvalue weighted by Crippen LogP contribution is -2.41. The van der Waals surface area contributed by atoms with E-state index in [1.807, 2.05) is 24.3 Å². The van der Waals surface area contributed by atoms with Crippen LogP contribution in [0.1, 0.15) is 36.6 Å². The molecule has 2 nitrogen and oxygen atoms in total. The van der Waals surface area contributed by atoms with Crippen molar-refractivity contribution >= 4 is 0 Å². The maximum atomic E-state index is 13.8. The Labute approximate surface area is 119 Å². The summed E-state index contributed by atoms with van der Waals surface area (Å²) >= 11 is 0. The van der Waals surface area contributed by atoms with Crippen molar-refractivity contribution in [3.63, 3.8) is 0 Å². The third kappa shape index (κ3) is 2.74. The third-order valence-electron chi connectivity index (χ3n) is 3.94. The summed E-state index contributed by atoms with van der Waals surface area (Å²) in [7, 11) is 0.